The van der Waals surface area contributed by atoms with E-state index in [0.717, 1.165) is 12.5 Å². The molecule has 1 fully saturated rings. The van der Waals surface area contributed by atoms with Crippen molar-refractivity contribution in [3.05, 3.63) is 117 Å². The standard InChI is InChI=1S/C32H12BF24.C8H11N/c34-25(35,36)13-5-1-6-14(26(37,38)39)21(13)33(22-15(27(40,41)42)7-2-8-16(22)28(43,44)45,23-17(29(46,47)48)9-3-10-18(23)30(49,50)51)24-19(31(52,53)54)11-4-12-20(24)32(55,56)57;1-9-7-3-2-4-8(9)6-5-7/h1-12H;7-8H,3,5-6H2,1H3/q-1;/p+1/t;7-,8+/m.1/s1. The second-order valence-corrected chi connectivity index (χ2v) is 15.0. The van der Waals surface area contributed by atoms with Gasteiger partial charge in [0.15, 0.2) is 0 Å². The summed E-state index contributed by atoms with van der Waals surface area (Å²) < 4.78 is 360. The van der Waals surface area contributed by atoms with Gasteiger partial charge in [-0.05, 0) is 5.92 Å². The van der Waals surface area contributed by atoms with E-state index in [0.29, 0.717) is 6.04 Å². The van der Waals surface area contributed by atoms with Crippen LogP contribution in [0.2, 0.25) is 0 Å². The molecule has 0 spiro atoms. The van der Waals surface area contributed by atoms with Gasteiger partial charge in [0, 0.05) is 57.3 Å². The monoisotopic (exact) mass is 985 g/mol. The number of alkyl halides is 24. The van der Waals surface area contributed by atoms with Crippen LogP contribution in [0.25, 0.3) is 0 Å². The molecule has 2 heterocycles. The van der Waals surface area contributed by atoms with Crippen molar-refractivity contribution in [2.45, 2.75) is 80.8 Å². The number of nitrogens with one attached hydrogen (secondary N) is 1. The molecule has 3 atom stereocenters. The lowest BCUT2D eigenvalue weighted by Gasteiger charge is -2.52. The summed E-state index contributed by atoms with van der Waals surface area (Å²) in [5.41, 5.74) is -42.7. The largest absolute Gasteiger partial charge is 0.413 e. The Labute approximate surface area is 355 Å². The summed E-state index contributed by atoms with van der Waals surface area (Å²) in [6, 6.07) is -6.53. The lowest BCUT2D eigenvalue weighted by atomic mass is 9.10. The van der Waals surface area contributed by atoms with Crippen LogP contribution in [0.1, 0.15) is 63.8 Å². The van der Waals surface area contributed by atoms with Gasteiger partial charge in [-0.3, -0.25) is 0 Å². The molecular weight excluding hydrogens is 961 g/mol. The van der Waals surface area contributed by atoms with Gasteiger partial charge in [-0.25, -0.2) is 0 Å². The Hall–Kier alpha value is -5.22. The van der Waals surface area contributed by atoms with Crippen LogP contribution in [0.4, 0.5) is 105 Å². The van der Waals surface area contributed by atoms with Crippen LogP contribution < -0.4 is 26.8 Å². The molecule has 0 saturated carbocycles. The molecule has 0 aromatic heterocycles. The fraction of sp³-hybridized carbons (Fsp3) is 0.350. The van der Waals surface area contributed by atoms with Crippen LogP contribution in [-0.4, -0.2) is 25.3 Å². The number of halogens is 24. The summed E-state index contributed by atoms with van der Waals surface area (Å²) >= 11 is 0. The van der Waals surface area contributed by atoms with Crippen molar-refractivity contribution >= 4 is 28.0 Å². The predicted molar refractivity (Wildman–Crippen MR) is 186 cm³/mol. The molecule has 360 valence electrons. The van der Waals surface area contributed by atoms with Crippen molar-refractivity contribution in [3.63, 3.8) is 0 Å². The summed E-state index contributed by atoms with van der Waals surface area (Å²) in [4.78, 5) is 1.66. The minimum absolute atomic E-state index is 0.406. The third-order valence-corrected chi connectivity index (χ3v) is 11.2. The van der Waals surface area contributed by atoms with Gasteiger partial charge in [-0.1, -0.05) is 78.7 Å². The molecule has 26 heteroatoms. The summed E-state index contributed by atoms with van der Waals surface area (Å²) in [6.07, 6.45) is -58.6. The summed E-state index contributed by atoms with van der Waals surface area (Å²) in [5.74, 6) is 6.48. The number of quaternary nitrogens is 1. The maximum atomic E-state index is 15.0. The van der Waals surface area contributed by atoms with Gasteiger partial charge in [-0.2, -0.15) is 127 Å². The number of hydrogen-bond acceptors (Lipinski definition) is 0. The van der Waals surface area contributed by atoms with Gasteiger partial charge in [0.1, 0.15) is 12.2 Å². The van der Waals surface area contributed by atoms with E-state index in [1.807, 2.05) is 0 Å². The van der Waals surface area contributed by atoms with Gasteiger partial charge in [0.2, 0.25) is 0 Å². The molecule has 2 aliphatic heterocycles. The molecule has 1 nitrogen and oxygen atoms in total. The van der Waals surface area contributed by atoms with Gasteiger partial charge >= 0.3 is 49.4 Å². The molecule has 4 aromatic rings. The average molecular weight is 985 g/mol. The van der Waals surface area contributed by atoms with Crippen molar-refractivity contribution in [3.8, 4) is 11.8 Å². The zero-order valence-corrected chi connectivity index (χ0v) is 32.4. The second kappa shape index (κ2) is 16.8. The Kier molecular flexibility index (Phi) is 13.2. The van der Waals surface area contributed by atoms with Crippen molar-refractivity contribution in [2.24, 2.45) is 0 Å². The molecule has 0 aliphatic carbocycles. The quantitative estimate of drug-likeness (QED) is 0.118. The van der Waals surface area contributed by atoms with E-state index in [1.165, 1.54) is 12.8 Å². The second-order valence-electron chi connectivity index (χ2n) is 15.0. The van der Waals surface area contributed by atoms with Crippen LogP contribution in [0.5, 0.6) is 0 Å². The maximum Gasteiger partial charge on any atom is 0.413 e. The first-order valence-corrected chi connectivity index (χ1v) is 18.4. The number of hydrogen-bond donors (Lipinski definition) is 1. The highest BCUT2D eigenvalue weighted by Crippen LogP contribution is 2.46. The van der Waals surface area contributed by atoms with E-state index in [9.17, 15) is 0 Å². The minimum Gasteiger partial charge on any atom is -0.322 e. The first-order valence-electron chi connectivity index (χ1n) is 18.4. The zero-order valence-electron chi connectivity index (χ0n) is 32.4. The molecule has 6 rings (SSSR count). The van der Waals surface area contributed by atoms with E-state index in [1.54, 1.807) is 4.90 Å². The smallest absolute Gasteiger partial charge is 0.322 e. The lowest BCUT2D eigenvalue weighted by Crippen LogP contribution is -3.14. The van der Waals surface area contributed by atoms with E-state index < -0.39 is 195 Å². The molecule has 1 N–H and O–H groups in total. The van der Waals surface area contributed by atoms with Crippen LogP contribution in [0.15, 0.2) is 72.8 Å². The molecule has 0 radical (unpaired) electrons. The number of fused-ring (bicyclic) bond motifs is 2. The first kappa shape index (κ1) is 51.8. The van der Waals surface area contributed by atoms with Gasteiger partial charge in [0.25, 0.3) is 0 Å². The van der Waals surface area contributed by atoms with Gasteiger partial charge in [0.05, 0.1) is 19.5 Å². The summed E-state index contributed by atoms with van der Waals surface area (Å²) in [6.45, 7) is 0. The molecule has 4 aromatic carbocycles. The zero-order chi connectivity index (χ0) is 50.2. The van der Waals surface area contributed by atoms with Crippen LogP contribution in [0, 0.1) is 11.8 Å². The summed E-state index contributed by atoms with van der Waals surface area (Å²) in [7, 11) is 2.27. The third-order valence-electron chi connectivity index (χ3n) is 11.2. The SMILES string of the molecule is C[NH+]1[C@@H]2CC#C[C@H]1CC2.FC(F)(F)c1cccc(C(F)(F)F)c1[B-](c1c(C(F)(F)F)cccc1C(F)(F)F)(c1c(C(F)(F)F)cccc1C(F)(F)F)c1c(C(F)(F)F)cccc1C(F)(F)F. The fourth-order valence-corrected chi connectivity index (χ4v) is 8.83. The number of rotatable bonds is 4. The maximum absolute atomic E-state index is 15.0. The van der Waals surface area contributed by atoms with E-state index in [2.05, 4.69) is 18.9 Å². The molecule has 1 saturated heterocycles. The van der Waals surface area contributed by atoms with Crippen molar-refractivity contribution in [1.82, 2.24) is 0 Å². The molecule has 1 unspecified atom stereocenters. The Morgan fingerprint density at radius 1 is 0.379 bits per heavy atom. The fourth-order valence-electron chi connectivity index (χ4n) is 8.83. The highest BCUT2D eigenvalue weighted by Gasteiger charge is 2.59. The highest BCUT2D eigenvalue weighted by atomic mass is 19.4. The molecule has 0 amide bonds. The van der Waals surface area contributed by atoms with Crippen LogP contribution in [0.3, 0.4) is 0 Å². The van der Waals surface area contributed by atoms with E-state index in [-0.39, 0.29) is 0 Å². The topological polar surface area (TPSA) is 4.44 Å². The van der Waals surface area contributed by atoms with E-state index >= 15 is 105 Å². The van der Waals surface area contributed by atoms with Crippen LogP contribution >= 0.6 is 0 Å². The number of benzene rings is 4. The van der Waals surface area contributed by atoms with E-state index in [4.69, 9.17) is 0 Å². The van der Waals surface area contributed by atoms with Gasteiger partial charge < -0.3 is 4.90 Å². The van der Waals surface area contributed by atoms with Gasteiger partial charge in [-0.15, -0.1) is 0 Å². The normalized spacial score (nSPS) is 18.7. The Morgan fingerprint density at radius 2 is 0.591 bits per heavy atom. The van der Waals surface area contributed by atoms with Crippen molar-refractivity contribution in [2.75, 3.05) is 7.05 Å². The lowest BCUT2D eigenvalue weighted by molar-refractivity contribution is -0.909. The third kappa shape index (κ3) is 9.76. The molecule has 2 aliphatic rings. The minimum atomic E-state index is -7.76. The Balaban J connectivity index is 0.000000798. The highest BCUT2D eigenvalue weighted by molar-refractivity contribution is 7.21. The Bertz CT molecular complexity index is 2070. The molecule has 66 heavy (non-hydrogen) atoms. The van der Waals surface area contributed by atoms with Crippen molar-refractivity contribution < 1.29 is 110 Å². The molecular formula is C40H24BF24N. The Morgan fingerprint density at radius 3 is 0.758 bits per heavy atom. The average Bonchev–Trinajstić information content (AvgIpc) is 3.32. The molecule has 2 bridgehead atoms. The predicted octanol–water partition coefficient (Wildman–Crippen LogP) is 10.7. The van der Waals surface area contributed by atoms with Crippen molar-refractivity contribution in [1.29, 1.82) is 0 Å². The summed E-state index contributed by atoms with van der Waals surface area (Å²) in [5, 5.41) is 0. The first-order chi connectivity index (χ1) is 29.8. The van der Waals surface area contributed by atoms with Crippen LogP contribution in [-0.2, 0) is 49.4 Å².